The van der Waals surface area contributed by atoms with E-state index in [1.807, 2.05) is 17.5 Å². The maximum atomic E-state index is 8.46. The summed E-state index contributed by atoms with van der Waals surface area (Å²) in [6.45, 7) is 0. The van der Waals surface area contributed by atoms with Gasteiger partial charge in [-0.05, 0) is 11.4 Å². The van der Waals surface area contributed by atoms with Crippen molar-refractivity contribution in [2.45, 2.75) is 0 Å². The molecule has 4 heteroatoms. The maximum Gasteiger partial charge on any atom is 0.107 e. The Morgan fingerprint density at radius 3 is 3.00 bits per heavy atom. The van der Waals surface area contributed by atoms with E-state index in [1.165, 1.54) is 0 Å². The molecule has 2 nitrogen and oxygen atoms in total. The van der Waals surface area contributed by atoms with Gasteiger partial charge in [-0.25, -0.2) is 0 Å². The Morgan fingerprint density at radius 2 is 2.60 bits per heavy atom. The molecule has 0 bridgehead atoms. The summed E-state index contributed by atoms with van der Waals surface area (Å²) < 4.78 is 0. The Hall–Kier alpha value is -0.350. The molecule has 1 N–H and O–H groups in total. The van der Waals surface area contributed by atoms with Crippen molar-refractivity contribution in [2.24, 2.45) is 5.16 Å². The second-order valence-corrected chi connectivity index (χ2v) is 3.17. The van der Waals surface area contributed by atoms with Gasteiger partial charge < -0.3 is 5.21 Å². The molecule has 0 saturated heterocycles. The number of hydrogen-bond acceptors (Lipinski definition) is 3. The summed E-state index contributed by atoms with van der Waals surface area (Å²) >= 11 is 4.77. The van der Waals surface area contributed by atoms with Crippen LogP contribution in [0.5, 0.6) is 0 Å². The smallest absolute Gasteiger partial charge is 0.107 e. The van der Waals surface area contributed by atoms with E-state index in [1.54, 1.807) is 11.3 Å². The SMILES string of the molecule is O/N=C(\CBr)c1cccs1. The van der Waals surface area contributed by atoms with Crippen molar-refractivity contribution in [2.75, 3.05) is 5.33 Å². The minimum absolute atomic E-state index is 0.587. The molecule has 0 aliphatic carbocycles. The number of halogens is 1. The van der Waals surface area contributed by atoms with Gasteiger partial charge in [0, 0.05) is 0 Å². The third-order valence-electron chi connectivity index (χ3n) is 1.05. The molecule has 0 aliphatic heterocycles. The lowest BCUT2D eigenvalue weighted by Gasteiger charge is -1.92. The molecule has 0 spiro atoms. The molecule has 1 aromatic heterocycles. The first-order chi connectivity index (χ1) is 4.88. The molecule has 0 saturated carbocycles. The van der Waals surface area contributed by atoms with Gasteiger partial charge in [-0.2, -0.15) is 0 Å². The summed E-state index contributed by atoms with van der Waals surface area (Å²) in [4.78, 5) is 0.999. The van der Waals surface area contributed by atoms with Crippen LogP contribution in [0.3, 0.4) is 0 Å². The Labute approximate surface area is 71.3 Å². The molecule has 0 unspecified atom stereocenters. The fourth-order valence-corrected chi connectivity index (χ4v) is 1.89. The van der Waals surface area contributed by atoms with E-state index in [2.05, 4.69) is 21.1 Å². The van der Waals surface area contributed by atoms with Crippen LogP contribution in [-0.2, 0) is 0 Å². The van der Waals surface area contributed by atoms with Gasteiger partial charge in [-0.1, -0.05) is 27.2 Å². The minimum atomic E-state index is 0.587. The van der Waals surface area contributed by atoms with Crippen LogP contribution < -0.4 is 0 Å². The van der Waals surface area contributed by atoms with E-state index in [4.69, 9.17) is 5.21 Å². The number of oxime groups is 1. The first kappa shape index (κ1) is 7.75. The van der Waals surface area contributed by atoms with Crippen molar-refractivity contribution in [1.29, 1.82) is 0 Å². The van der Waals surface area contributed by atoms with Crippen LogP contribution in [0.15, 0.2) is 22.7 Å². The zero-order valence-corrected chi connectivity index (χ0v) is 7.52. The number of thiophene rings is 1. The predicted octanol–water partition coefficient (Wildman–Crippen LogP) is 2.32. The molecule has 1 heterocycles. The van der Waals surface area contributed by atoms with E-state index in [0.717, 1.165) is 4.88 Å². The Balaban J connectivity index is 2.85. The van der Waals surface area contributed by atoms with Gasteiger partial charge >= 0.3 is 0 Å². The normalized spacial score (nSPS) is 11.9. The second-order valence-electron chi connectivity index (χ2n) is 1.66. The molecule has 1 rings (SSSR count). The molecule has 0 aliphatic rings. The zero-order valence-electron chi connectivity index (χ0n) is 5.12. The first-order valence-corrected chi connectivity index (χ1v) is 4.69. The first-order valence-electron chi connectivity index (χ1n) is 2.69. The van der Waals surface area contributed by atoms with Crippen molar-refractivity contribution in [3.63, 3.8) is 0 Å². The highest BCUT2D eigenvalue weighted by Crippen LogP contribution is 2.10. The molecule has 0 aromatic carbocycles. The number of rotatable bonds is 2. The quantitative estimate of drug-likeness (QED) is 0.352. The van der Waals surface area contributed by atoms with E-state index in [9.17, 15) is 0 Å². The Morgan fingerprint density at radius 1 is 1.80 bits per heavy atom. The molecular weight excluding hydrogens is 214 g/mol. The third kappa shape index (κ3) is 1.58. The van der Waals surface area contributed by atoms with Crippen LogP contribution in [0.4, 0.5) is 0 Å². The Bertz CT molecular complexity index is 220. The van der Waals surface area contributed by atoms with Crippen LogP contribution in [0.1, 0.15) is 4.88 Å². The summed E-state index contributed by atoms with van der Waals surface area (Å²) in [6.07, 6.45) is 0. The van der Waals surface area contributed by atoms with Gasteiger partial charge in [0.05, 0.1) is 10.2 Å². The average molecular weight is 220 g/mol. The largest absolute Gasteiger partial charge is 0.411 e. The van der Waals surface area contributed by atoms with Crippen LogP contribution in [0.25, 0.3) is 0 Å². The van der Waals surface area contributed by atoms with Crippen molar-refractivity contribution in [3.05, 3.63) is 22.4 Å². The van der Waals surface area contributed by atoms with Crippen molar-refractivity contribution in [3.8, 4) is 0 Å². The summed E-state index contributed by atoms with van der Waals surface area (Å²) in [5.41, 5.74) is 0.676. The van der Waals surface area contributed by atoms with E-state index in [0.29, 0.717) is 11.0 Å². The van der Waals surface area contributed by atoms with Gasteiger partial charge in [0.15, 0.2) is 0 Å². The van der Waals surface area contributed by atoms with Crippen LogP contribution in [-0.4, -0.2) is 16.2 Å². The van der Waals surface area contributed by atoms with E-state index >= 15 is 0 Å². The predicted molar refractivity (Wildman–Crippen MR) is 46.4 cm³/mol. The summed E-state index contributed by atoms with van der Waals surface area (Å²) in [6, 6.07) is 3.84. The molecule has 1 aromatic rings. The maximum absolute atomic E-state index is 8.46. The zero-order chi connectivity index (χ0) is 7.40. The molecule has 0 radical (unpaired) electrons. The van der Waals surface area contributed by atoms with E-state index in [-0.39, 0.29) is 0 Å². The minimum Gasteiger partial charge on any atom is -0.411 e. The second kappa shape index (κ2) is 3.73. The highest BCUT2D eigenvalue weighted by Gasteiger charge is 2.01. The number of alkyl halides is 1. The standard InChI is InChI=1S/C6H6BrNOS/c7-4-5(8-9)6-2-1-3-10-6/h1-3,9H,4H2/b8-5+. The molecule has 54 valence electrons. The Kier molecular flexibility index (Phi) is 2.89. The fraction of sp³-hybridized carbons (Fsp3) is 0.167. The van der Waals surface area contributed by atoms with Crippen LogP contribution >= 0.6 is 27.3 Å². The van der Waals surface area contributed by atoms with Crippen molar-refractivity contribution >= 4 is 33.0 Å². The lowest BCUT2D eigenvalue weighted by atomic mass is 10.3. The van der Waals surface area contributed by atoms with Gasteiger partial charge in [0.25, 0.3) is 0 Å². The number of hydrogen-bond donors (Lipinski definition) is 1. The monoisotopic (exact) mass is 219 g/mol. The van der Waals surface area contributed by atoms with Gasteiger partial charge in [0.2, 0.25) is 0 Å². The summed E-state index contributed by atoms with van der Waals surface area (Å²) in [5, 5.41) is 14.1. The number of nitrogens with zero attached hydrogens (tertiary/aromatic N) is 1. The topological polar surface area (TPSA) is 32.6 Å². The van der Waals surface area contributed by atoms with Crippen LogP contribution in [0, 0.1) is 0 Å². The van der Waals surface area contributed by atoms with Crippen molar-refractivity contribution < 1.29 is 5.21 Å². The highest BCUT2D eigenvalue weighted by molar-refractivity contribution is 9.09. The van der Waals surface area contributed by atoms with Gasteiger partial charge in [-0.3, -0.25) is 0 Å². The summed E-state index contributed by atoms with van der Waals surface area (Å²) in [5.74, 6) is 0. The van der Waals surface area contributed by atoms with Gasteiger partial charge in [0.1, 0.15) is 5.71 Å². The molecular formula is C6H6BrNOS. The molecule has 0 amide bonds. The van der Waals surface area contributed by atoms with E-state index < -0.39 is 0 Å². The lowest BCUT2D eigenvalue weighted by Crippen LogP contribution is -1.98. The highest BCUT2D eigenvalue weighted by atomic mass is 79.9. The fourth-order valence-electron chi connectivity index (χ4n) is 0.585. The molecule has 0 atom stereocenters. The lowest BCUT2D eigenvalue weighted by molar-refractivity contribution is 0.319. The van der Waals surface area contributed by atoms with Gasteiger partial charge in [-0.15, -0.1) is 11.3 Å². The van der Waals surface area contributed by atoms with Crippen LogP contribution in [0.2, 0.25) is 0 Å². The molecule has 10 heavy (non-hydrogen) atoms. The third-order valence-corrected chi connectivity index (χ3v) is 2.50. The van der Waals surface area contributed by atoms with Crippen molar-refractivity contribution in [1.82, 2.24) is 0 Å². The molecule has 0 fully saturated rings. The average Bonchev–Trinajstić information content (AvgIpc) is 2.43. The summed E-state index contributed by atoms with van der Waals surface area (Å²) in [7, 11) is 0.